The lowest BCUT2D eigenvalue weighted by Gasteiger charge is -2.35. The van der Waals surface area contributed by atoms with Crippen molar-refractivity contribution in [1.82, 2.24) is 10.2 Å². The zero-order valence-corrected chi connectivity index (χ0v) is 12.7. The molecule has 1 spiro atoms. The van der Waals surface area contributed by atoms with Gasteiger partial charge in [-0.25, -0.2) is 8.78 Å². The molecule has 0 aromatic heterocycles. The number of rotatable bonds is 2. The second-order valence-electron chi connectivity index (χ2n) is 6.73. The third-order valence-corrected chi connectivity index (χ3v) is 5.06. The predicted octanol–water partition coefficient (Wildman–Crippen LogP) is 3.46. The molecule has 1 atom stereocenters. The molecule has 0 radical (unpaired) electrons. The number of benzene rings is 1. The van der Waals surface area contributed by atoms with Gasteiger partial charge in [-0.15, -0.1) is 0 Å². The van der Waals surface area contributed by atoms with Crippen molar-refractivity contribution in [3.8, 4) is 0 Å². The van der Waals surface area contributed by atoms with E-state index >= 15 is 0 Å². The molecule has 1 unspecified atom stereocenters. The van der Waals surface area contributed by atoms with Gasteiger partial charge >= 0.3 is 0 Å². The minimum Gasteiger partial charge on any atom is -0.310 e. The summed E-state index contributed by atoms with van der Waals surface area (Å²) in [5, 5.41) is 3.74. The first-order valence-corrected chi connectivity index (χ1v) is 8.00. The lowest BCUT2D eigenvalue weighted by molar-refractivity contribution is 0.160. The van der Waals surface area contributed by atoms with Gasteiger partial charge in [-0.3, -0.25) is 4.90 Å². The van der Waals surface area contributed by atoms with Gasteiger partial charge in [-0.05, 0) is 50.4 Å². The Kier molecular flexibility index (Phi) is 4.27. The highest BCUT2D eigenvalue weighted by molar-refractivity contribution is 5.18. The highest BCUT2D eigenvalue weighted by atomic mass is 19.1. The molecule has 2 aliphatic rings. The molecule has 0 bridgehead atoms. The van der Waals surface area contributed by atoms with Gasteiger partial charge in [0.2, 0.25) is 0 Å². The minimum absolute atomic E-state index is 0.219. The van der Waals surface area contributed by atoms with Crippen molar-refractivity contribution in [3.05, 3.63) is 35.4 Å². The largest absolute Gasteiger partial charge is 0.310 e. The normalized spacial score (nSPS) is 26.1. The number of halogens is 2. The molecule has 1 heterocycles. The molecule has 4 heteroatoms. The van der Waals surface area contributed by atoms with Crippen LogP contribution in [0.5, 0.6) is 0 Å². The van der Waals surface area contributed by atoms with Crippen LogP contribution in [0.4, 0.5) is 8.78 Å². The van der Waals surface area contributed by atoms with Crippen molar-refractivity contribution in [1.29, 1.82) is 0 Å². The van der Waals surface area contributed by atoms with Crippen molar-refractivity contribution < 1.29 is 8.78 Å². The molecule has 1 aromatic rings. The lowest BCUT2D eigenvalue weighted by atomic mass is 9.96. The van der Waals surface area contributed by atoms with Crippen molar-refractivity contribution in [3.63, 3.8) is 0 Å². The van der Waals surface area contributed by atoms with Gasteiger partial charge in [0.15, 0.2) is 0 Å². The van der Waals surface area contributed by atoms with E-state index in [2.05, 4.69) is 17.1 Å². The highest BCUT2D eigenvalue weighted by Gasteiger charge is 2.37. The predicted molar refractivity (Wildman–Crippen MR) is 80.0 cm³/mol. The van der Waals surface area contributed by atoms with Crippen molar-refractivity contribution in [2.24, 2.45) is 0 Å². The Morgan fingerprint density at radius 1 is 1.19 bits per heavy atom. The van der Waals surface area contributed by atoms with Crippen LogP contribution < -0.4 is 5.32 Å². The van der Waals surface area contributed by atoms with Gasteiger partial charge in [-0.1, -0.05) is 12.8 Å². The Balaban J connectivity index is 1.77. The molecule has 1 aliphatic carbocycles. The fourth-order valence-corrected chi connectivity index (χ4v) is 3.86. The van der Waals surface area contributed by atoms with Crippen LogP contribution in [0.15, 0.2) is 18.2 Å². The Morgan fingerprint density at radius 2 is 1.86 bits per heavy atom. The average Bonchev–Trinajstić information content (AvgIpc) is 2.79. The third kappa shape index (κ3) is 3.43. The smallest absolute Gasteiger partial charge is 0.126 e. The van der Waals surface area contributed by atoms with E-state index in [9.17, 15) is 8.78 Å². The molecule has 1 aromatic carbocycles. The van der Waals surface area contributed by atoms with Crippen LogP contribution in [-0.4, -0.2) is 29.6 Å². The van der Waals surface area contributed by atoms with E-state index in [1.54, 1.807) is 0 Å². The van der Waals surface area contributed by atoms with E-state index < -0.39 is 11.6 Å². The van der Waals surface area contributed by atoms with E-state index in [0.717, 1.165) is 31.1 Å². The molecular formula is C17H24F2N2. The Hall–Kier alpha value is -1.00. The van der Waals surface area contributed by atoms with Gasteiger partial charge in [0.25, 0.3) is 0 Å². The van der Waals surface area contributed by atoms with Crippen LogP contribution in [0.25, 0.3) is 0 Å². The van der Waals surface area contributed by atoms with E-state index in [1.165, 1.54) is 37.8 Å². The monoisotopic (exact) mass is 294 g/mol. The van der Waals surface area contributed by atoms with Crippen LogP contribution in [0.1, 0.15) is 44.6 Å². The average molecular weight is 294 g/mol. The van der Waals surface area contributed by atoms with Crippen LogP contribution in [0.3, 0.4) is 0 Å². The maximum atomic E-state index is 13.4. The van der Waals surface area contributed by atoms with E-state index in [1.807, 2.05) is 0 Å². The van der Waals surface area contributed by atoms with Gasteiger partial charge in [0.1, 0.15) is 11.6 Å². The summed E-state index contributed by atoms with van der Waals surface area (Å²) in [5.74, 6) is -0.970. The molecular weight excluding hydrogens is 270 g/mol. The van der Waals surface area contributed by atoms with Gasteiger partial charge in [0.05, 0.1) is 0 Å². The van der Waals surface area contributed by atoms with E-state index in [-0.39, 0.29) is 5.54 Å². The Morgan fingerprint density at radius 3 is 2.52 bits per heavy atom. The molecule has 21 heavy (non-hydrogen) atoms. The molecule has 1 aliphatic heterocycles. The summed E-state index contributed by atoms with van der Waals surface area (Å²) < 4.78 is 26.8. The molecule has 2 fully saturated rings. The topological polar surface area (TPSA) is 15.3 Å². The fraction of sp³-hybridized carbons (Fsp3) is 0.647. The molecule has 1 saturated carbocycles. The summed E-state index contributed by atoms with van der Waals surface area (Å²) in [7, 11) is 0. The van der Waals surface area contributed by atoms with Crippen LogP contribution in [-0.2, 0) is 6.54 Å². The van der Waals surface area contributed by atoms with Crippen LogP contribution >= 0.6 is 0 Å². The zero-order valence-electron chi connectivity index (χ0n) is 12.7. The first-order chi connectivity index (χ1) is 10.1. The van der Waals surface area contributed by atoms with Crippen LogP contribution in [0.2, 0.25) is 0 Å². The van der Waals surface area contributed by atoms with Crippen LogP contribution in [0, 0.1) is 11.6 Å². The molecule has 1 saturated heterocycles. The summed E-state index contributed by atoms with van der Waals surface area (Å²) in [4.78, 5) is 2.39. The molecule has 116 valence electrons. The number of hydrogen-bond donors (Lipinski definition) is 1. The van der Waals surface area contributed by atoms with E-state index in [0.29, 0.717) is 12.6 Å². The Bertz CT molecular complexity index is 477. The summed E-state index contributed by atoms with van der Waals surface area (Å²) in [5.41, 5.74) is 0.950. The number of nitrogens with zero attached hydrogens (tertiary/aromatic N) is 1. The minimum atomic E-state index is -0.485. The van der Waals surface area contributed by atoms with Gasteiger partial charge in [-0.2, -0.15) is 0 Å². The maximum Gasteiger partial charge on any atom is 0.126 e. The second kappa shape index (κ2) is 6.01. The maximum absolute atomic E-state index is 13.4. The van der Waals surface area contributed by atoms with E-state index in [4.69, 9.17) is 0 Å². The standard InChI is InChI=1S/C17H24F2N2/c1-13-4-7-20-17(5-2-3-6-17)12-21(13)11-14-8-15(18)10-16(19)9-14/h8-10,13,20H,2-7,11-12H2,1H3. The highest BCUT2D eigenvalue weighted by Crippen LogP contribution is 2.33. The Labute approximate surface area is 125 Å². The molecule has 2 nitrogen and oxygen atoms in total. The summed E-state index contributed by atoms with van der Waals surface area (Å²) in [6.07, 6.45) is 6.08. The van der Waals surface area contributed by atoms with Crippen molar-refractivity contribution in [2.45, 2.75) is 57.2 Å². The van der Waals surface area contributed by atoms with Gasteiger partial charge < -0.3 is 5.32 Å². The lowest BCUT2D eigenvalue weighted by Crippen LogP contribution is -2.49. The molecule has 0 amide bonds. The SMILES string of the molecule is CC1CCNC2(CCCC2)CN1Cc1cc(F)cc(F)c1. The summed E-state index contributed by atoms with van der Waals surface area (Å²) in [6.45, 7) is 4.85. The molecule has 3 rings (SSSR count). The first-order valence-electron chi connectivity index (χ1n) is 8.00. The van der Waals surface area contributed by atoms with Gasteiger partial charge in [0, 0.05) is 30.7 Å². The fourth-order valence-electron chi connectivity index (χ4n) is 3.86. The zero-order chi connectivity index (χ0) is 14.9. The summed E-state index contributed by atoms with van der Waals surface area (Å²) in [6, 6.07) is 4.28. The number of hydrogen-bond acceptors (Lipinski definition) is 2. The second-order valence-corrected chi connectivity index (χ2v) is 6.73. The summed E-state index contributed by atoms with van der Waals surface area (Å²) >= 11 is 0. The van der Waals surface area contributed by atoms with Crippen molar-refractivity contribution >= 4 is 0 Å². The quantitative estimate of drug-likeness (QED) is 0.898. The number of nitrogens with one attached hydrogen (secondary N) is 1. The van der Waals surface area contributed by atoms with Crippen molar-refractivity contribution in [2.75, 3.05) is 13.1 Å². The molecule has 1 N–H and O–H groups in total. The third-order valence-electron chi connectivity index (χ3n) is 5.06. The first kappa shape index (κ1) is 14.9.